The number of ether oxygens (including phenoxy) is 2. The minimum atomic E-state index is -0.905. The van der Waals surface area contributed by atoms with Crippen molar-refractivity contribution in [2.24, 2.45) is 23.7 Å². The zero-order valence-corrected chi connectivity index (χ0v) is 12.4. The average Bonchev–Trinajstić information content (AvgIpc) is 2.56. The van der Waals surface area contributed by atoms with E-state index in [4.69, 9.17) is 19.2 Å². The lowest BCUT2D eigenvalue weighted by atomic mass is 9.58. The summed E-state index contributed by atoms with van der Waals surface area (Å²) in [7, 11) is 0. The van der Waals surface area contributed by atoms with Crippen LogP contribution in [-0.2, 0) is 19.2 Å². The zero-order valence-electron chi connectivity index (χ0n) is 12.4. The van der Waals surface area contributed by atoms with Crippen molar-refractivity contribution in [2.75, 3.05) is 6.61 Å². The monoisotopic (exact) mass is 284 g/mol. The van der Waals surface area contributed by atoms with Crippen molar-refractivity contribution in [3.05, 3.63) is 0 Å². The second-order valence-electron chi connectivity index (χ2n) is 7.37. The topological polar surface area (TPSA) is 57.2 Å². The summed E-state index contributed by atoms with van der Waals surface area (Å²) in [6.07, 6.45) is 1.73. The molecule has 114 valence electrons. The molecule has 1 spiro atoms. The predicted octanol–water partition coefficient (Wildman–Crippen LogP) is 1.84. The molecule has 20 heavy (non-hydrogen) atoms. The Hall–Kier alpha value is -0.200. The molecular weight excluding hydrogens is 260 g/mol. The summed E-state index contributed by atoms with van der Waals surface area (Å²) in [5, 5.41) is 10.7. The van der Waals surface area contributed by atoms with Crippen LogP contribution < -0.4 is 0 Å². The van der Waals surface area contributed by atoms with Crippen LogP contribution in [0.4, 0.5) is 0 Å². The molecular formula is C15H24O5. The molecule has 8 atom stereocenters. The summed E-state index contributed by atoms with van der Waals surface area (Å²) in [6.45, 7) is 6.89. The maximum absolute atomic E-state index is 10.7. The number of hydrogen-bond donors (Lipinski definition) is 1. The lowest BCUT2D eigenvalue weighted by Crippen LogP contribution is -2.69. The van der Waals surface area contributed by atoms with Crippen LogP contribution >= 0.6 is 0 Å². The number of hydrogen-bond acceptors (Lipinski definition) is 5. The van der Waals surface area contributed by atoms with E-state index in [2.05, 4.69) is 13.8 Å². The van der Waals surface area contributed by atoms with Crippen molar-refractivity contribution in [3.8, 4) is 0 Å². The molecule has 0 unspecified atom stereocenters. The predicted molar refractivity (Wildman–Crippen MR) is 69.3 cm³/mol. The lowest BCUT2D eigenvalue weighted by molar-refractivity contribution is -0.567. The molecule has 0 aromatic heterocycles. The summed E-state index contributed by atoms with van der Waals surface area (Å²) in [5.41, 5.74) is -0.648. The Morgan fingerprint density at radius 2 is 1.90 bits per heavy atom. The van der Waals surface area contributed by atoms with E-state index in [0.29, 0.717) is 30.8 Å². The molecule has 5 nitrogen and oxygen atoms in total. The number of aliphatic hydroxyl groups excluding tert-OH is 1. The minimum absolute atomic E-state index is 0.0123. The molecule has 5 aliphatic rings. The van der Waals surface area contributed by atoms with Crippen LogP contribution in [0.15, 0.2) is 0 Å². The van der Waals surface area contributed by atoms with Gasteiger partial charge in [0.15, 0.2) is 11.9 Å². The fourth-order valence-electron chi connectivity index (χ4n) is 5.04. The average molecular weight is 284 g/mol. The summed E-state index contributed by atoms with van der Waals surface area (Å²) < 4.78 is 12.0. The van der Waals surface area contributed by atoms with Crippen molar-refractivity contribution < 1.29 is 24.4 Å². The van der Waals surface area contributed by atoms with Gasteiger partial charge in [-0.25, -0.2) is 9.78 Å². The summed E-state index contributed by atoms with van der Waals surface area (Å²) in [6, 6.07) is 0. The first-order valence-electron chi connectivity index (χ1n) is 7.80. The molecule has 0 amide bonds. The second-order valence-corrected chi connectivity index (χ2v) is 7.37. The molecule has 0 aromatic carbocycles. The van der Waals surface area contributed by atoms with Gasteiger partial charge in [-0.3, -0.25) is 0 Å². The molecule has 4 aliphatic heterocycles. The van der Waals surface area contributed by atoms with Crippen LogP contribution in [0.25, 0.3) is 0 Å². The highest BCUT2D eigenvalue weighted by Gasteiger charge is 2.70. The Balaban J connectivity index is 1.85. The Morgan fingerprint density at radius 3 is 2.70 bits per heavy atom. The normalized spacial score (nSPS) is 61.8. The SMILES string of the molecule is C[C@@H]1CC[C@H]2[C@@H](C)CO[C@@H]3O[C@]4(C)C[C@@H](O)[C@@H]1[C@]32OO4. The number of rotatable bonds is 0. The Bertz CT molecular complexity index is 415. The van der Waals surface area contributed by atoms with Gasteiger partial charge in [-0.15, -0.1) is 0 Å². The van der Waals surface area contributed by atoms with Gasteiger partial charge < -0.3 is 14.6 Å². The van der Waals surface area contributed by atoms with E-state index < -0.39 is 23.8 Å². The molecule has 5 rings (SSSR count). The van der Waals surface area contributed by atoms with Gasteiger partial charge in [-0.1, -0.05) is 13.8 Å². The third-order valence-corrected chi connectivity index (χ3v) is 5.93. The Kier molecular flexibility index (Phi) is 2.81. The third-order valence-electron chi connectivity index (χ3n) is 5.93. The third kappa shape index (κ3) is 1.56. The highest BCUT2D eigenvalue weighted by Crippen LogP contribution is 2.59. The van der Waals surface area contributed by atoms with E-state index in [9.17, 15) is 5.11 Å². The van der Waals surface area contributed by atoms with Crippen LogP contribution in [-0.4, -0.2) is 35.5 Å². The molecule has 5 fully saturated rings. The maximum Gasteiger partial charge on any atom is 0.204 e. The zero-order chi connectivity index (χ0) is 14.1. The van der Waals surface area contributed by atoms with Crippen molar-refractivity contribution in [1.29, 1.82) is 0 Å². The fraction of sp³-hybridized carbons (Fsp3) is 1.00. The smallest absolute Gasteiger partial charge is 0.204 e. The fourth-order valence-corrected chi connectivity index (χ4v) is 5.04. The van der Waals surface area contributed by atoms with Crippen LogP contribution in [0, 0.1) is 23.7 Å². The summed E-state index contributed by atoms with van der Waals surface area (Å²) in [5.74, 6) is 0.198. The van der Waals surface area contributed by atoms with Crippen molar-refractivity contribution in [3.63, 3.8) is 0 Å². The Labute approximate surface area is 119 Å². The summed E-state index contributed by atoms with van der Waals surface area (Å²) >= 11 is 0. The van der Waals surface area contributed by atoms with E-state index in [1.807, 2.05) is 6.92 Å². The largest absolute Gasteiger partial charge is 0.392 e. The van der Waals surface area contributed by atoms with Gasteiger partial charge in [0.1, 0.15) is 0 Å². The van der Waals surface area contributed by atoms with Crippen LogP contribution in [0.3, 0.4) is 0 Å². The van der Waals surface area contributed by atoms with Gasteiger partial charge in [0, 0.05) is 18.3 Å². The molecule has 2 bridgehead atoms. The Morgan fingerprint density at radius 1 is 1.10 bits per heavy atom. The van der Waals surface area contributed by atoms with Gasteiger partial charge >= 0.3 is 0 Å². The molecule has 0 radical (unpaired) electrons. The molecule has 4 heterocycles. The van der Waals surface area contributed by atoms with Gasteiger partial charge in [-0.2, -0.15) is 0 Å². The molecule has 0 aromatic rings. The van der Waals surface area contributed by atoms with E-state index >= 15 is 0 Å². The van der Waals surface area contributed by atoms with Gasteiger partial charge in [-0.05, 0) is 31.6 Å². The standard InChI is InChI=1S/C15H24O5/c1-8-4-5-10-9(2)7-17-13-15(10)12(8)11(16)6-14(3,18-13)19-20-15/h8-13,16H,4-7H2,1-3H3/t8-,9+,10+,11-,12-,13-,14+,15+/m1/s1. The molecule has 5 heteroatoms. The van der Waals surface area contributed by atoms with Crippen molar-refractivity contribution in [1.82, 2.24) is 0 Å². The van der Waals surface area contributed by atoms with Gasteiger partial charge in [0.25, 0.3) is 0 Å². The quantitative estimate of drug-likeness (QED) is 0.688. The number of fused-ring (bicyclic) bond motifs is 2. The lowest BCUT2D eigenvalue weighted by Gasteiger charge is -2.59. The molecule has 1 aliphatic carbocycles. The highest BCUT2D eigenvalue weighted by atomic mass is 17.3. The van der Waals surface area contributed by atoms with Crippen LogP contribution in [0.2, 0.25) is 0 Å². The van der Waals surface area contributed by atoms with Crippen molar-refractivity contribution >= 4 is 0 Å². The van der Waals surface area contributed by atoms with Crippen LogP contribution in [0.5, 0.6) is 0 Å². The highest BCUT2D eigenvalue weighted by molar-refractivity contribution is 5.10. The molecule has 4 saturated heterocycles. The summed E-state index contributed by atoms with van der Waals surface area (Å²) in [4.78, 5) is 11.6. The van der Waals surface area contributed by atoms with E-state index in [-0.39, 0.29) is 5.92 Å². The van der Waals surface area contributed by atoms with E-state index in [1.54, 1.807) is 0 Å². The van der Waals surface area contributed by atoms with Gasteiger partial charge in [0.2, 0.25) is 5.79 Å². The van der Waals surface area contributed by atoms with E-state index in [1.165, 1.54) is 0 Å². The first-order valence-corrected chi connectivity index (χ1v) is 7.80. The van der Waals surface area contributed by atoms with E-state index in [0.717, 1.165) is 12.8 Å². The first kappa shape index (κ1) is 13.5. The first-order chi connectivity index (χ1) is 9.46. The molecule has 1 saturated carbocycles. The second kappa shape index (κ2) is 4.17. The van der Waals surface area contributed by atoms with Gasteiger partial charge in [0.05, 0.1) is 12.7 Å². The maximum atomic E-state index is 10.7. The minimum Gasteiger partial charge on any atom is -0.392 e. The van der Waals surface area contributed by atoms with Crippen LogP contribution in [0.1, 0.15) is 40.0 Å². The number of aliphatic hydroxyl groups is 1. The van der Waals surface area contributed by atoms with Crippen molar-refractivity contribution in [2.45, 2.75) is 63.8 Å². The molecule has 1 N–H and O–H groups in total.